The highest BCUT2D eigenvalue weighted by atomic mass is 16.5. The quantitative estimate of drug-likeness (QED) is 0.774. The van der Waals surface area contributed by atoms with Crippen LogP contribution < -0.4 is 10.5 Å². The van der Waals surface area contributed by atoms with Crippen molar-refractivity contribution in [2.45, 2.75) is 32.1 Å². The van der Waals surface area contributed by atoms with Gasteiger partial charge in [0.15, 0.2) is 5.78 Å². The number of ketones is 1. The van der Waals surface area contributed by atoms with Crippen molar-refractivity contribution in [2.24, 2.45) is 11.1 Å². The van der Waals surface area contributed by atoms with Gasteiger partial charge in [0, 0.05) is 30.3 Å². The van der Waals surface area contributed by atoms with E-state index in [2.05, 4.69) is 0 Å². The predicted octanol–water partition coefficient (Wildman–Crippen LogP) is 2.13. The van der Waals surface area contributed by atoms with Crippen LogP contribution in [-0.2, 0) is 15.0 Å². The Morgan fingerprint density at radius 2 is 1.92 bits per heavy atom. The molecule has 132 valence electrons. The van der Waals surface area contributed by atoms with Crippen molar-refractivity contribution in [2.75, 3.05) is 7.05 Å². The second-order valence-electron chi connectivity index (χ2n) is 7.83. The maximum Gasteiger partial charge on any atom is 0.247 e. The van der Waals surface area contributed by atoms with E-state index in [9.17, 15) is 14.9 Å². The molecule has 2 aliphatic heterocycles. The van der Waals surface area contributed by atoms with Gasteiger partial charge in [-0.3, -0.25) is 9.59 Å². The van der Waals surface area contributed by atoms with Gasteiger partial charge in [-0.1, -0.05) is 32.0 Å². The summed E-state index contributed by atoms with van der Waals surface area (Å²) >= 11 is 0. The van der Waals surface area contributed by atoms with Crippen molar-refractivity contribution < 1.29 is 14.3 Å². The number of rotatable bonds is 0. The fourth-order valence-electron chi connectivity index (χ4n) is 4.46. The number of benzene rings is 1. The monoisotopic (exact) mass is 349 g/mol. The number of fused-ring (bicyclic) bond motifs is 3. The van der Waals surface area contributed by atoms with E-state index >= 15 is 0 Å². The molecule has 26 heavy (non-hydrogen) atoms. The Morgan fingerprint density at radius 1 is 1.23 bits per heavy atom. The fraction of sp³-hybridized carbons (Fsp3) is 0.350. The van der Waals surface area contributed by atoms with Crippen LogP contribution in [0.2, 0.25) is 0 Å². The second kappa shape index (κ2) is 4.98. The molecule has 1 atom stereocenters. The van der Waals surface area contributed by atoms with Gasteiger partial charge in [0.05, 0.1) is 0 Å². The van der Waals surface area contributed by atoms with Gasteiger partial charge in [-0.15, -0.1) is 0 Å². The maximum absolute atomic E-state index is 13.5. The van der Waals surface area contributed by atoms with Gasteiger partial charge in [-0.05, 0) is 17.9 Å². The number of ether oxygens (including phenoxy) is 1. The van der Waals surface area contributed by atoms with Crippen LogP contribution in [-0.4, -0.2) is 23.6 Å². The van der Waals surface area contributed by atoms with Crippen LogP contribution in [0.1, 0.15) is 32.3 Å². The molecule has 1 aliphatic carbocycles. The van der Waals surface area contributed by atoms with Gasteiger partial charge in [0.2, 0.25) is 11.8 Å². The highest BCUT2D eigenvalue weighted by Gasteiger charge is 2.62. The third kappa shape index (κ3) is 1.80. The lowest BCUT2D eigenvalue weighted by molar-refractivity contribution is -0.130. The highest BCUT2D eigenvalue weighted by Crippen LogP contribution is 2.57. The summed E-state index contributed by atoms with van der Waals surface area (Å²) in [4.78, 5) is 28.2. The van der Waals surface area contributed by atoms with Crippen LogP contribution >= 0.6 is 0 Å². The van der Waals surface area contributed by atoms with E-state index in [-0.39, 0.29) is 28.6 Å². The number of Topliss-reactive ketones (excluding diaryl/α,β-unsaturated/α-hetero) is 1. The molecule has 3 aliphatic rings. The van der Waals surface area contributed by atoms with E-state index in [4.69, 9.17) is 10.5 Å². The van der Waals surface area contributed by atoms with Gasteiger partial charge in [-0.25, -0.2) is 0 Å². The number of hydrogen-bond donors (Lipinski definition) is 1. The van der Waals surface area contributed by atoms with Gasteiger partial charge >= 0.3 is 0 Å². The fourth-order valence-corrected chi connectivity index (χ4v) is 4.46. The Hall–Kier alpha value is -3.07. The Labute approximate surface area is 151 Å². The minimum Gasteiger partial charge on any atom is -0.440 e. The summed E-state index contributed by atoms with van der Waals surface area (Å²) in [7, 11) is 1.66. The van der Waals surface area contributed by atoms with Gasteiger partial charge < -0.3 is 15.4 Å². The lowest BCUT2D eigenvalue weighted by Crippen LogP contribution is -2.46. The lowest BCUT2D eigenvalue weighted by atomic mass is 9.63. The zero-order valence-electron chi connectivity index (χ0n) is 14.9. The molecule has 0 saturated carbocycles. The van der Waals surface area contributed by atoms with Crippen LogP contribution in [0.5, 0.6) is 5.75 Å². The predicted molar refractivity (Wildman–Crippen MR) is 93.4 cm³/mol. The number of para-hydroxylation sites is 1. The number of carbonyl (C=O) groups excluding carboxylic acids is 2. The summed E-state index contributed by atoms with van der Waals surface area (Å²) in [5.41, 5.74) is 5.80. The van der Waals surface area contributed by atoms with Crippen molar-refractivity contribution in [3.05, 3.63) is 52.6 Å². The maximum atomic E-state index is 13.5. The van der Waals surface area contributed by atoms with E-state index in [0.717, 1.165) is 0 Å². The topological polar surface area (TPSA) is 96.4 Å². The summed E-state index contributed by atoms with van der Waals surface area (Å²) < 4.78 is 5.59. The van der Waals surface area contributed by atoms with E-state index in [1.807, 2.05) is 19.9 Å². The van der Waals surface area contributed by atoms with Crippen LogP contribution in [0, 0.1) is 16.7 Å². The summed E-state index contributed by atoms with van der Waals surface area (Å²) in [6.45, 7) is 4.01. The van der Waals surface area contributed by atoms with E-state index < -0.39 is 5.41 Å². The average molecular weight is 349 g/mol. The lowest BCUT2D eigenvalue weighted by Gasteiger charge is -2.37. The number of likely N-dealkylation sites (N-methyl/N-ethyl adjacent to an activating group) is 1. The molecule has 0 bridgehead atoms. The first-order chi connectivity index (χ1) is 12.2. The molecular formula is C20H19N3O3. The summed E-state index contributed by atoms with van der Waals surface area (Å²) in [5.74, 6) is -0.175. The minimum atomic E-state index is -1.51. The summed E-state index contributed by atoms with van der Waals surface area (Å²) in [6, 6.07) is 9.01. The van der Waals surface area contributed by atoms with E-state index in [1.165, 1.54) is 4.90 Å². The Morgan fingerprint density at radius 3 is 2.62 bits per heavy atom. The second-order valence-corrected chi connectivity index (χ2v) is 7.83. The van der Waals surface area contributed by atoms with Gasteiger partial charge in [-0.2, -0.15) is 5.26 Å². The molecule has 0 radical (unpaired) electrons. The first-order valence-electron chi connectivity index (χ1n) is 8.46. The SMILES string of the molecule is CN1C(=O)[C@]2(C(C#N)=C(N)Oc3ccccc32)C2=C1CC(C)(C)CC2=O. The average Bonchev–Trinajstić information content (AvgIpc) is 2.77. The minimum absolute atomic E-state index is 0.00824. The van der Waals surface area contributed by atoms with Gasteiger partial charge in [0.25, 0.3) is 0 Å². The molecule has 6 nitrogen and oxygen atoms in total. The number of nitrogens with two attached hydrogens (primary N) is 1. The number of amides is 1. The van der Waals surface area contributed by atoms with Crippen molar-refractivity contribution in [3.8, 4) is 11.8 Å². The highest BCUT2D eigenvalue weighted by molar-refractivity contribution is 6.15. The molecule has 0 saturated heterocycles. The van der Waals surface area contributed by atoms with Gasteiger partial charge in [0.1, 0.15) is 22.8 Å². The van der Waals surface area contributed by atoms with Crippen LogP contribution in [0.3, 0.4) is 0 Å². The third-order valence-electron chi connectivity index (χ3n) is 5.50. The zero-order valence-corrected chi connectivity index (χ0v) is 14.9. The first kappa shape index (κ1) is 16.4. The zero-order chi connectivity index (χ0) is 18.9. The summed E-state index contributed by atoms with van der Waals surface area (Å²) in [6.07, 6.45) is 0.899. The molecule has 6 heteroatoms. The normalized spacial score (nSPS) is 26.6. The van der Waals surface area contributed by atoms with Crippen molar-refractivity contribution in [1.29, 1.82) is 5.26 Å². The number of allylic oxidation sites excluding steroid dienone is 1. The number of hydrogen-bond acceptors (Lipinski definition) is 5. The molecule has 1 amide bonds. The molecule has 1 spiro atoms. The Kier molecular flexibility index (Phi) is 3.14. The molecule has 1 aromatic rings. The molecule has 2 N–H and O–H groups in total. The van der Waals surface area contributed by atoms with Crippen LogP contribution in [0.4, 0.5) is 0 Å². The van der Waals surface area contributed by atoms with Crippen LogP contribution in [0.15, 0.2) is 47.0 Å². The summed E-state index contributed by atoms with van der Waals surface area (Å²) in [5, 5.41) is 9.82. The molecule has 0 unspecified atom stereocenters. The molecule has 0 fully saturated rings. The van der Waals surface area contributed by atoms with Crippen molar-refractivity contribution >= 4 is 11.7 Å². The van der Waals surface area contributed by atoms with Crippen molar-refractivity contribution in [3.63, 3.8) is 0 Å². The molecule has 4 rings (SSSR count). The number of carbonyl (C=O) groups is 2. The first-order valence-corrected chi connectivity index (χ1v) is 8.46. The molecule has 1 aromatic carbocycles. The number of nitrogens with zero attached hydrogens (tertiary/aromatic N) is 2. The Bertz CT molecular complexity index is 980. The number of nitriles is 1. The van der Waals surface area contributed by atoms with E-state index in [0.29, 0.717) is 35.4 Å². The third-order valence-corrected chi connectivity index (χ3v) is 5.50. The van der Waals surface area contributed by atoms with E-state index in [1.54, 1.807) is 31.3 Å². The van der Waals surface area contributed by atoms with Crippen molar-refractivity contribution in [1.82, 2.24) is 4.90 Å². The Balaban J connectivity index is 2.12. The van der Waals surface area contributed by atoms with Crippen LogP contribution in [0.25, 0.3) is 0 Å². The largest absolute Gasteiger partial charge is 0.440 e. The molecular weight excluding hydrogens is 330 g/mol. The standard InChI is InChI=1S/C20H19N3O3/c1-19(2)8-13-16(14(24)9-19)20(18(25)23(13)3)11-6-4-5-7-15(11)26-17(22)12(20)10-21/h4-7H,8-9,22H2,1-3H3/t20-/m1/s1. The molecule has 2 heterocycles. The smallest absolute Gasteiger partial charge is 0.247 e. The molecule has 0 aromatic heterocycles.